The highest BCUT2D eigenvalue weighted by molar-refractivity contribution is 4.86. The SMILES string of the molecule is C=CCC1CC[N]C1(O)O. The van der Waals surface area contributed by atoms with Crippen molar-refractivity contribution in [1.82, 2.24) is 5.32 Å². The molecule has 0 aromatic rings. The summed E-state index contributed by atoms with van der Waals surface area (Å²) in [6, 6.07) is 0. The van der Waals surface area contributed by atoms with Gasteiger partial charge in [0.25, 0.3) is 0 Å². The van der Waals surface area contributed by atoms with Gasteiger partial charge in [-0.2, -0.15) is 5.32 Å². The van der Waals surface area contributed by atoms with Gasteiger partial charge < -0.3 is 10.2 Å². The molecule has 0 aromatic carbocycles. The molecule has 0 bridgehead atoms. The lowest BCUT2D eigenvalue weighted by molar-refractivity contribution is -0.203. The second-order valence-electron chi connectivity index (χ2n) is 2.58. The third kappa shape index (κ3) is 1.37. The number of aliphatic hydroxyl groups is 2. The van der Waals surface area contributed by atoms with Gasteiger partial charge >= 0.3 is 0 Å². The van der Waals surface area contributed by atoms with Gasteiger partial charge in [0.05, 0.1) is 0 Å². The molecule has 1 rings (SSSR count). The van der Waals surface area contributed by atoms with Crippen LogP contribution in [0.2, 0.25) is 0 Å². The molecule has 0 aliphatic carbocycles. The molecule has 0 amide bonds. The van der Waals surface area contributed by atoms with E-state index in [1.807, 2.05) is 0 Å². The maximum Gasteiger partial charge on any atom is 0.241 e. The third-order valence-electron chi connectivity index (χ3n) is 1.82. The molecule has 1 heterocycles. The standard InChI is InChI=1S/C7H12NO2/c1-2-3-6-4-5-8-7(6,9)10/h2,6,9-10H,1,3-5H2. The average Bonchev–Trinajstić information content (AvgIpc) is 2.13. The third-order valence-corrected chi connectivity index (χ3v) is 1.82. The highest BCUT2D eigenvalue weighted by atomic mass is 16.5. The lowest BCUT2D eigenvalue weighted by Crippen LogP contribution is -2.39. The maximum atomic E-state index is 9.13. The van der Waals surface area contributed by atoms with Crippen LogP contribution in [0.4, 0.5) is 0 Å². The largest absolute Gasteiger partial charge is 0.352 e. The number of hydrogen-bond donors (Lipinski definition) is 2. The van der Waals surface area contributed by atoms with Gasteiger partial charge in [-0.15, -0.1) is 6.58 Å². The fourth-order valence-corrected chi connectivity index (χ4v) is 1.18. The van der Waals surface area contributed by atoms with Crippen molar-refractivity contribution in [2.24, 2.45) is 5.92 Å². The van der Waals surface area contributed by atoms with E-state index in [1.54, 1.807) is 6.08 Å². The summed E-state index contributed by atoms with van der Waals surface area (Å²) in [5, 5.41) is 21.9. The summed E-state index contributed by atoms with van der Waals surface area (Å²) in [5.41, 5.74) is 0. The monoisotopic (exact) mass is 142 g/mol. The van der Waals surface area contributed by atoms with Crippen LogP contribution in [0.3, 0.4) is 0 Å². The van der Waals surface area contributed by atoms with Gasteiger partial charge in [-0.1, -0.05) is 6.08 Å². The molecule has 0 saturated carbocycles. The molecule has 3 nitrogen and oxygen atoms in total. The van der Waals surface area contributed by atoms with Crippen LogP contribution in [0.5, 0.6) is 0 Å². The maximum absolute atomic E-state index is 9.13. The van der Waals surface area contributed by atoms with Crippen molar-refractivity contribution in [3.05, 3.63) is 12.7 Å². The molecule has 3 heteroatoms. The molecule has 1 fully saturated rings. The second kappa shape index (κ2) is 2.70. The van der Waals surface area contributed by atoms with Crippen LogP contribution in [-0.4, -0.2) is 22.7 Å². The Hall–Kier alpha value is -0.380. The van der Waals surface area contributed by atoms with Crippen LogP contribution < -0.4 is 5.32 Å². The normalized spacial score (nSPS) is 30.4. The molecular formula is C7H12NO2. The van der Waals surface area contributed by atoms with Gasteiger partial charge in [-0.3, -0.25) is 0 Å². The molecule has 10 heavy (non-hydrogen) atoms. The van der Waals surface area contributed by atoms with Gasteiger partial charge in [-0.25, -0.2) is 0 Å². The summed E-state index contributed by atoms with van der Waals surface area (Å²) in [6.45, 7) is 4.07. The molecule has 57 valence electrons. The first kappa shape index (κ1) is 7.72. The van der Waals surface area contributed by atoms with Crippen molar-refractivity contribution >= 4 is 0 Å². The highest BCUT2D eigenvalue weighted by Gasteiger charge is 2.39. The number of hydrogen-bond acceptors (Lipinski definition) is 2. The van der Waals surface area contributed by atoms with Crippen LogP contribution in [0.25, 0.3) is 0 Å². The van der Waals surface area contributed by atoms with Crippen molar-refractivity contribution in [1.29, 1.82) is 0 Å². The van der Waals surface area contributed by atoms with Crippen molar-refractivity contribution in [2.75, 3.05) is 6.54 Å². The van der Waals surface area contributed by atoms with E-state index in [1.165, 1.54) is 0 Å². The zero-order chi connectivity index (χ0) is 7.61. The molecule has 1 unspecified atom stereocenters. The van der Waals surface area contributed by atoms with E-state index in [2.05, 4.69) is 11.9 Å². The quantitative estimate of drug-likeness (QED) is 0.415. The highest BCUT2D eigenvalue weighted by Crippen LogP contribution is 2.26. The molecule has 2 N–H and O–H groups in total. The van der Waals surface area contributed by atoms with E-state index in [0.29, 0.717) is 13.0 Å². The lowest BCUT2D eigenvalue weighted by atomic mass is 10.0. The fraction of sp³-hybridized carbons (Fsp3) is 0.714. The predicted octanol–water partition coefficient (Wildman–Crippen LogP) is -0.175. The minimum absolute atomic E-state index is 0.148. The number of nitrogens with zero attached hydrogens (tertiary/aromatic N) is 1. The zero-order valence-corrected chi connectivity index (χ0v) is 5.82. The Bertz CT molecular complexity index is 134. The van der Waals surface area contributed by atoms with Crippen LogP contribution in [0.1, 0.15) is 12.8 Å². The van der Waals surface area contributed by atoms with Crippen LogP contribution in [0, 0.1) is 5.92 Å². The van der Waals surface area contributed by atoms with Gasteiger partial charge in [0.2, 0.25) is 5.91 Å². The van der Waals surface area contributed by atoms with Gasteiger partial charge in [0, 0.05) is 12.5 Å². The van der Waals surface area contributed by atoms with Gasteiger partial charge in [0.15, 0.2) is 0 Å². The number of rotatable bonds is 2. The van der Waals surface area contributed by atoms with Crippen molar-refractivity contribution in [2.45, 2.75) is 18.8 Å². The summed E-state index contributed by atoms with van der Waals surface area (Å²) in [7, 11) is 0. The Balaban J connectivity index is 2.50. The molecule has 0 aromatic heterocycles. The zero-order valence-electron chi connectivity index (χ0n) is 5.82. The summed E-state index contributed by atoms with van der Waals surface area (Å²) in [6.07, 6.45) is 3.06. The summed E-state index contributed by atoms with van der Waals surface area (Å²) >= 11 is 0. The molecule has 1 aliphatic heterocycles. The number of allylic oxidation sites excluding steroid dienone is 1. The van der Waals surface area contributed by atoms with Crippen molar-refractivity contribution in [3.8, 4) is 0 Å². The Morgan fingerprint density at radius 3 is 2.80 bits per heavy atom. The molecule has 0 spiro atoms. The molecule has 1 atom stereocenters. The Morgan fingerprint density at radius 1 is 1.70 bits per heavy atom. The topological polar surface area (TPSA) is 54.6 Å². The molecule has 1 radical (unpaired) electrons. The first-order valence-corrected chi connectivity index (χ1v) is 3.41. The first-order chi connectivity index (χ1) is 4.67. The smallest absolute Gasteiger partial charge is 0.241 e. The minimum Gasteiger partial charge on any atom is -0.352 e. The summed E-state index contributed by atoms with van der Waals surface area (Å²) < 4.78 is 0. The average molecular weight is 142 g/mol. The van der Waals surface area contributed by atoms with Crippen molar-refractivity contribution in [3.63, 3.8) is 0 Å². The summed E-state index contributed by atoms with van der Waals surface area (Å²) in [5.74, 6) is -1.93. The minimum atomic E-state index is -1.78. The van der Waals surface area contributed by atoms with Crippen LogP contribution >= 0.6 is 0 Å². The molecule has 1 aliphatic rings. The Kier molecular flexibility index (Phi) is 2.08. The van der Waals surface area contributed by atoms with E-state index < -0.39 is 5.91 Å². The summed E-state index contributed by atoms with van der Waals surface area (Å²) in [4.78, 5) is 0. The molecule has 1 saturated heterocycles. The second-order valence-corrected chi connectivity index (χ2v) is 2.58. The van der Waals surface area contributed by atoms with E-state index in [4.69, 9.17) is 10.2 Å². The van der Waals surface area contributed by atoms with E-state index in [9.17, 15) is 0 Å². The van der Waals surface area contributed by atoms with E-state index >= 15 is 0 Å². The Labute approximate surface area is 60.4 Å². The van der Waals surface area contributed by atoms with Crippen LogP contribution in [-0.2, 0) is 0 Å². The van der Waals surface area contributed by atoms with Gasteiger partial charge in [-0.05, 0) is 12.8 Å². The van der Waals surface area contributed by atoms with Crippen molar-refractivity contribution < 1.29 is 10.2 Å². The Morgan fingerprint density at radius 2 is 2.40 bits per heavy atom. The van der Waals surface area contributed by atoms with Crippen LogP contribution in [0.15, 0.2) is 12.7 Å². The molecular weight excluding hydrogens is 130 g/mol. The van der Waals surface area contributed by atoms with E-state index in [-0.39, 0.29) is 5.92 Å². The lowest BCUT2D eigenvalue weighted by Gasteiger charge is -2.20. The first-order valence-electron chi connectivity index (χ1n) is 3.41. The van der Waals surface area contributed by atoms with Gasteiger partial charge in [0.1, 0.15) is 0 Å². The van der Waals surface area contributed by atoms with E-state index in [0.717, 1.165) is 6.42 Å². The predicted molar refractivity (Wildman–Crippen MR) is 37.1 cm³/mol. The fourth-order valence-electron chi connectivity index (χ4n) is 1.18.